The topological polar surface area (TPSA) is 109 Å². The van der Waals surface area contributed by atoms with E-state index in [0.29, 0.717) is 61.1 Å². The number of likely N-dealkylation sites (tertiary alicyclic amines) is 1. The summed E-state index contributed by atoms with van der Waals surface area (Å²) in [5.41, 5.74) is -0.518. The molecule has 0 aliphatic carbocycles. The van der Waals surface area contributed by atoms with Crippen LogP contribution in [0.3, 0.4) is 0 Å². The Balaban J connectivity index is 0.000000225. The molecule has 43 heavy (non-hydrogen) atoms. The minimum absolute atomic E-state index is 0.0966. The monoisotopic (exact) mass is 735 g/mol. The Morgan fingerprint density at radius 1 is 0.907 bits per heavy atom. The first-order valence-electron chi connectivity index (χ1n) is 12.7. The summed E-state index contributed by atoms with van der Waals surface area (Å²) in [7, 11) is 0. The molecule has 5 rings (SSSR count). The standard InChI is InChI=1S/C18H20Cl2N2O5.C10H6BrCl2NO2/c1-18(2,3)27-17(23)22-8-12(9-22)25-16-7-21-15(26-16)10-24-14-5-4-11(19)6-13(14)20;11-9-4-14-10(16-9)5-15-8-2-1-6(12)3-7(8)13/h4-7,12H,8-10H2,1-3H3;1-4H,5H2. The Hall–Kier alpha value is -2.83. The molecule has 0 N–H and O–H groups in total. The van der Waals surface area contributed by atoms with Crippen LogP contribution in [0.1, 0.15) is 32.6 Å². The first kappa shape index (κ1) is 33.1. The summed E-state index contributed by atoms with van der Waals surface area (Å²) in [6.07, 6.45) is 2.51. The number of nitrogens with zero attached hydrogens (tertiary/aromatic N) is 3. The molecule has 1 saturated heterocycles. The lowest BCUT2D eigenvalue weighted by Crippen LogP contribution is -2.57. The Labute approximate surface area is 276 Å². The smallest absolute Gasteiger partial charge is 0.410 e. The Bertz CT molecular complexity index is 1540. The molecule has 1 amide bonds. The predicted octanol–water partition coefficient (Wildman–Crippen LogP) is 8.88. The summed E-state index contributed by atoms with van der Waals surface area (Å²) >= 11 is 26.7. The van der Waals surface area contributed by atoms with E-state index in [9.17, 15) is 4.79 Å². The molecule has 2 aromatic heterocycles. The van der Waals surface area contributed by atoms with Crippen molar-refractivity contribution in [3.63, 3.8) is 0 Å². The van der Waals surface area contributed by atoms with Crippen LogP contribution in [0.2, 0.25) is 20.1 Å². The minimum atomic E-state index is -0.518. The number of hydrogen-bond donors (Lipinski definition) is 0. The van der Waals surface area contributed by atoms with E-state index in [2.05, 4.69) is 25.9 Å². The minimum Gasteiger partial charge on any atom is -0.482 e. The molecule has 2 aromatic carbocycles. The van der Waals surface area contributed by atoms with Gasteiger partial charge in [0.2, 0.25) is 11.8 Å². The molecular formula is C28H26BrCl4N3O7. The summed E-state index contributed by atoms with van der Waals surface area (Å²) in [6, 6.07) is 9.96. The van der Waals surface area contributed by atoms with Gasteiger partial charge in [-0.2, -0.15) is 0 Å². The van der Waals surface area contributed by atoms with Gasteiger partial charge in [-0.1, -0.05) is 46.4 Å². The van der Waals surface area contributed by atoms with Gasteiger partial charge in [-0.15, -0.1) is 0 Å². The van der Waals surface area contributed by atoms with Gasteiger partial charge in [-0.25, -0.2) is 14.8 Å². The highest BCUT2D eigenvalue weighted by Gasteiger charge is 2.35. The van der Waals surface area contributed by atoms with Crippen LogP contribution < -0.4 is 14.2 Å². The highest BCUT2D eigenvalue weighted by atomic mass is 79.9. The highest BCUT2D eigenvalue weighted by molar-refractivity contribution is 9.10. The summed E-state index contributed by atoms with van der Waals surface area (Å²) < 4.78 is 33.2. The second kappa shape index (κ2) is 14.8. The highest BCUT2D eigenvalue weighted by Crippen LogP contribution is 2.30. The molecule has 0 radical (unpaired) electrons. The fourth-order valence-corrected chi connectivity index (χ4v) is 4.60. The van der Waals surface area contributed by atoms with Crippen molar-refractivity contribution in [3.05, 3.63) is 85.3 Å². The van der Waals surface area contributed by atoms with Gasteiger partial charge in [0.15, 0.2) is 17.9 Å². The van der Waals surface area contributed by atoms with Crippen molar-refractivity contribution in [2.75, 3.05) is 13.1 Å². The van der Waals surface area contributed by atoms with Gasteiger partial charge >= 0.3 is 12.0 Å². The maximum atomic E-state index is 11.9. The van der Waals surface area contributed by atoms with Crippen molar-refractivity contribution in [2.24, 2.45) is 0 Å². The first-order chi connectivity index (χ1) is 20.3. The van der Waals surface area contributed by atoms with Crippen molar-refractivity contribution < 1.29 is 32.6 Å². The molecule has 0 atom stereocenters. The van der Waals surface area contributed by atoms with E-state index in [0.717, 1.165) is 0 Å². The van der Waals surface area contributed by atoms with Crippen LogP contribution >= 0.6 is 62.3 Å². The van der Waals surface area contributed by atoms with Crippen LogP contribution in [-0.2, 0) is 18.0 Å². The number of hydrogen-bond acceptors (Lipinski definition) is 9. The fourth-order valence-electron chi connectivity index (χ4n) is 3.39. The van der Waals surface area contributed by atoms with Gasteiger partial charge in [-0.3, -0.25) is 0 Å². The number of rotatable bonds is 8. The van der Waals surface area contributed by atoms with Crippen molar-refractivity contribution in [2.45, 2.75) is 45.7 Å². The summed E-state index contributed by atoms with van der Waals surface area (Å²) in [5.74, 6) is 2.11. The molecule has 0 bridgehead atoms. The van der Waals surface area contributed by atoms with E-state index >= 15 is 0 Å². The number of oxazole rings is 2. The Morgan fingerprint density at radius 2 is 1.44 bits per heavy atom. The summed E-state index contributed by atoms with van der Waals surface area (Å²) in [5, 5.41) is 1.96. The van der Waals surface area contributed by atoms with E-state index in [-0.39, 0.29) is 31.4 Å². The van der Waals surface area contributed by atoms with Crippen molar-refractivity contribution >= 4 is 68.4 Å². The van der Waals surface area contributed by atoms with E-state index in [4.69, 9.17) is 74.2 Å². The zero-order chi connectivity index (χ0) is 31.1. The molecule has 0 saturated carbocycles. The van der Waals surface area contributed by atoms with Crippen LogP contribution in [0, 0.1) is 0 Å². The largest absolute Gasteiger partial charge is 0.482 e. The SMILES string of the molecule is CC(C)(C)OC(=O)N1CC(Oc2cnc(COc3ccc(Cl)cc3Cl)o2)C1.Clc1ccc(OCc2ncc(Br)o2)c(Cl)c1. The molecule has 10 nitrogen and oxygen atoms in total. The quantitative estimate of drug-likeness (QED) is 0.175. The van der Waals surface area contributed by atoms with Gasteiger partial charge in [-0.05, 0) is 73.1 Å². The molecule has 230 valence electrons. The average Bonchev–Trinajstić information content (AvgIpc) is 3.52. The normalized spacial score (nSPS) is 13.1. The third kappa shape index (κ3) is 10.4. The van der Waals surface area contributed by atoms with Crippen LogP contribution in [0.25, 0.3) is 0 Å². The number of amides is 1. The van der Waals surface area contributed by atoms with Gasteiger partial charge in [0.05, 0.1) is 29.3 Å². The van der Waals surface area contributed by atoms with Gasteiger partial charge < -0.3 is 32.7 Å². The number of benzene rings is 2. The summed E-state index contributed by atoms with van der Waals surface area (Å²) in [4.78, 5) is 21.5. The third-order valence-electron chi connectivity index (χ3n) is 5.33. The number of halogens is 5. The maximum absolute atomic E-state index is 11.9. The van der Waals surface area contributed by atoms with Crippen LogP contribution in [0.5, 0.6) is 17.4 Å². The lowest BCUT2D eigenvalue weighted by molar-refractivity contribution is -0.0281. The van der Waals surface area contributed by atoms with Gasteiger partial charge in [0.25, 0.3) is 0 Å². The molecule has 1 fully saturated rings. The molecule has 15 heteroatoms. The lowest BCUT2D eigenvalue weighted by Gasteiger charge is -2.38. The van der Waals surface area contributed by atoms with Crippen LogP contribution in [-0.4, -0.2) is 45.8 Å². The van der Waals surface area contributed by atoms with Crippen LogP contribution in [0.15, 0.2) is 62.3 Å². The van der Waals surface area contributed by atoms with E-state index in [1.807, 2.05) is 20.8 Å². The zero-order valence-corrected chi connectivity index (χ0v) is 27.7. The fraction of sp³-hybridized carbons (Fsp3) is 0.321. The van der Waals surface area contributed by atoms with E-state index < -0.39 is 5.60 Å². The maximum Gasteiger partial charge on any atom is 0.410 e. The number of ether oxygens (including phenoxy) is 4. The Morgan fingerprint density at radius 3 is 1.93 bits per heavy atom. The molecule has 3 heterocycles. The van der Waals surface area contributed by atoms with Crippen molar-refractivity contribution in [1.29, 1.82) is 0 Å². The molecular weight excluding hydrogens is 712 g/mol. The summed E-state index contributed by atoms with van der Waals surface area (Å²) in [6.45, 7) is 6.66. The molecule has 0 unspecified atom stereocenters. The van der Waals surface area contributed by atoms with Crippen LogP contribution in [0.4, 0.5) is 4.79 Å². The van der Waals surface area contributed by atoms with Crippen molar-refractivity contribution in [3.8, 4) is 17.4 Å². The second-order valence-electron chi connectivity index (χ2n) is 9.98. The molecule has 1 aliphatic rings. The molecule has 1 aliphatic heterocycles. The number of carbonyl (C=O) groups is 1. The second-order valence-corrected chi connectivity index (χ2v) is 12.5. The molecule has 0 spiro atoms. The van der Waals surface area contributed by atoms with E-state index in [1.165, 1.54) is 6.20 Å². The molecule has 4 aromatic rings. The van der Waals surface area contributed by atoms with Gasteiger partial charge in [0, 0.05) is 10.0 Å². The van der Waals surface area contributed by atoms with Crippen molar-refractivity contribution in [1.82, 2.24) is 14.9 Å². The average molecular weight is 738 g/mol. The number of aromatic nitrogens is 2. The number of carbonyl (C=O) groups excluding carboxylic acids is 1. The zero-order valence-electron chi connectivity index (χ0n) is 23.1. The predicted molar refractivity (Wildman–Crippen MR) is 165 cm³/mol. The van der Waals surface area contributed by atoms with Gasteiger partial charge in [0.1, 0.15) is 29.4 Å². The Kier molecular flexibility index (Phi) is 11.4. The third-order valence-corrected chi connectivity index (χ3v) is 6.76. The first-order valence-corrected chi connectivity index (χ1v) is 15.0. The lowest BCUT2D eigenvalue weighted by atomic mass is 10.2. The van der Waals surface area contributed by atoms with E-state index in [1.54, 1.807) is 47.5 Å².